The van der Waals surface area contributed by atoms with E-state index in [2.05, 4.69) is 0 Å². The molecule has 1 amide bonds. The van der Waals surface area contributed by atoms with Crippen molar-refractivity contribution in [1.29, 1.82) is 0 Å². The molecule has 1 atom stereocenters. The lowest BCUT2D eigenvalue weighted by atomic mass is 9.98. The standard InChI is InChI=1S/C23H25F3N2O5S/c1-15(22(29)27(2)14-16-4-3-5-18(24)12-16)33-23(30)17-8-10-28(11-9-17)34(31,32)19-6-7-20(25)21(26)13-19/h3-7,12-13,15,17H,8-11,14H2,1-2H3. The molecule has 0 aliphatic carbocycles. The number of hydrogen-bond acceptors (Lipinski definition) is 5. The molecule has 0 N–H and O–H groups in total. The van der Waals surface area contributed by atoms with Gasteiger partial charge in [0, 0.05) is 26.7 Å². The van der Waals surface area contributed by atoms with Crippen molar-refractivity contribution in [3.63, 3.8) is 0 Å². The van der Waals surface area contributed by atoms with E-state index in [4.69, 9.17) is 4.74 Å². The number of nitrogens with zero attached hydrogens (tertiary/aromatic N) is 2. The van der Waals surface area contributed by atoms with Crippen molar-refractivity contribution in [3.05, 3.63) is 65.5 Å². The zero-order valence-electron chi connectivity index (χ0n) is 18.7. The molecule has 3 rings (SSSR count). The third-order valence-corrected chi connectivity index (χ3v) is 7.54. The number of rotatable bonds is 7. The molecule has 1 aliphatic rings. The molecule has 1 aliphatic heterocycles. The van der Waals surface area contributed by atoms with Crippen LogP contribution in [0.1, 0.15) is 25.3 Å². The van der Waals surface area contributed by atoms with E-state index in [1.165, 1.54) is 37.1 Å². The molecule has 0 bridgehead atoms. The van der Waals surface area contributed by atoms with Gasteiger partial charge in [-0.05, 0) is 55.7 Å². The van der Waals surface area contributed by atoms with Crippen LogP contribution in [0.15, 0.2) is 47.4 Å². The fraction of sp³-hybridized carbons (Fsp3) is 0.391. The van der Waals surface area contributed by atoms with Crippen LogP contribution in [0.2, 0.25) is 0 Å². The van der Waals surface area contributed by atoms with Gasteiger partial charge in [-0.1, -0.05) is 12.1 Å². The first-order valence-electron chi connectivity index (χ1n) is 10.6. The van der Waals surface area contributed by atoms with Crippen LogP contribution in [-0.4, -0.2) is 55.7 Å². The molecule has 2 aromatic rings. The largest absolute Gasteiger partial charge is 0.452 e. The van der Waals surface area contributed by atoms with Gasteiger partial charge in [0.15, 0.2) is 17.7 Å². The molecule has 0 aromatic heterocycles. The third-order valence-electron chi connectivity index (χ3n) is 5.64. The third kappa shape index (κ3) is 5.95. The van der Waals surface area contributed by atoms with Crippen molar-refractivity contribution in [2.45, 2.75) is 37.3 Å². The summed E-state index contributed by atoms with van der Waals surface area (Å²) in [6, 6.07) is 8.17. The molecule has 34 heavy (non-hydrogen) atoms. The predicted octanol–water partition coefficient (Wildman–Crippen LogP) is 3.09. The molecular weight excluding hydrogens is 473 g/mol. The Kier molecular flexibility index (Phi) is 7.98. The molecule has 7 nitrogen and oxygen atoms in total. The molecule has 1 saturated heterocycles. The highest BCUT2D eigenvalue weighted by molar-refractivity contribution is 7.89. The van der Waals surface area contributed by atoms with Gasteiger partial charge in [0.1, 0.15) is 5.82 Å². The number of sulfonamides is 1. The summed E-state index contributed by atoms with van der Waals surface area (Å²) in [4.78, 5) is 26.1. The monoisotopic (exact) mass is 498 g/mol. The van der Waals surface area contributed by atoms with E-state index in [9.17, 15) is 31.2 Å². The maximum absolute atomic E-state index is 13.5. The average molecular weight is 499 g/mol. The van der Waals surface area contributed by atoms with E-state index in [1.54, 1.807) is 6.07 Å². The normalized spacial score (nSPS) is 16.1. The summed E-state index contributed by atoms with van der Waals surface area (Å²) in [5.74, 6) is -4.53. The zero-order chi connectivity index (χ0) is 25.0. The number of carbonyl (C=O) groups is 2. The van der Waals surface area contributed by atoms with Crippen LogP contribution >= 0.6 is 0 Å². The van der Waals surface area contributed by atoms with Gasteiger partial charge >= 0.3 is 5.97 Å². The molecule has 0 spiro atoms. The molecule has 184 valence electrons. The molecule has 2 aromatic carbocycles. The van der Waals surface area contributed by atoms with Crippen molar-refractivity contribution in [2.24, 2.45) is 5.92 Å². The van der Waals surface area contributed by atoms with Crippen LogP contribution in [0.5, 0.6) is 0 Å². The van der Waals surface area contributed by atoms with Crippen LogP contribution < -0.4 is 0 Å². The van der Waals surface area contributed by atoms with Crippen LogP contribution in [0.4, 0.5) is 13.2 Å². The second-order valence-electron chi connectivity index (χ2n) is 8.16. The summed E-state index contributed by atoms with van der Waals surface area (Å²) in [5.41, 5.74) is 0.587. The van der Waals surface area contributed by atoms with E-state index in [1.807, 2.05) is 0 Å². The summed E-state index contributed by atoms with van der Waals surface area (Å²) < 4.78 is 71.7. The van der Waals surface area contributed by atoms with E-state index >= 15 is 0 Å². The van der Waals surface area contributed by atoms with E-state index in [0.29, 0.717) is 11.6 Å². The van der Waals surface area contributed by atoms with Crippen molar-refractivity contribution >= 4 is 21.9 Å². The number of halogens is 3. The first-order chi connectivity index (χ1) is 16.0. The van der Waals surface area contributed by atoms with Crippen molar-refractivity contribution in [1.82, 2.24) is 9.21 Å². The Hall–Kier alpha value is -2.92. The summed E-state index contributed by atoms with van der Waals surface area (Å²) in [6.07, 6.45) is -0.765. The lowest BCUT2D eigenvalue weighted by Crippen LogP contribution is -2.42. The Bertz CT molecular complexity index is 1170. The van der Waals surface area contributed by atoms with Gasteiger partial charge in [0.2, 0.25) is 10.0 Å². The average Bonchev–Trinajstić information content (AvgIpc) is 2.80. The Morgan fingerprint density at radius 1 is 1.09 bits per heavy atom. The molecule has 0 radical (unpaired) electrons. The molecular formula is C23H25F3N2O5S. The van der Waals surface area contributed by atoms with Crippen LogP contribution in [0, 0.1) is 23.4 Å². The highest BCUT2D eigenvalue weighted by atomic mass is 32.2. The van der Waals surface area contributed by atoms with Crippen molar-refractivity contribution in [2.75, 3.05) is 20.1 Å². The summed E-state index contributed by atoms with van der Waals surface area (Å²) in [7, 11) is -2.53. The van der Waals surface area contributed by atoms with E-state index in [0.717, 1.165) is 16.4 Å². The number of ether oxygens (including phenoxy) is 1. The van der Waals surface area contributed by atoms with Gasteiger partial charge in [0.05, 0.1) is 10.8 Å². The highest BCUT2D eigenvalue weighted by Crippen LogP contribution is 2.26. The number of carbonyl (C=O) groups excluding carboxylic acids is 2. The number of hydrogen-bond donors (Lipinski definition) is 0. The Morgan fingerprint density at radius 3 is 2.38 bits per heavy atom. The molecule has 0 saturated carbocycles. The van der Waals surface area contributed by atoms with Gasteiger partial charge in [-0.3, -0.25) is 9.59 Å². The van der Waals surface area contributed by atoms with Crippen molar-refractivity contribution < 1.29 is 35.9 Å². The number of esters is 1. The highest BCUT2D eigenvalue weighted by Gasteiger charge is 2.34. The minimum Gasteiger partial charge on any atom is -0.452 e. The molecule has 1 unspecified atom stereocenters. The first-order valence-corrected chi connectivity index (χ1v) is 12.1. The number of amides is 1. The number of likely N-dealkylation sites (N-methyl/N-ethyl adjacent to an activating group) is 1. The Balaban J connectivity index is 1.53. The van der Waals surface area contributed by atoms with Crippen molar-refractivity contribution in [3.8, 4) is 0 Å². The molecule has 1 fully saturated rings. The SMILES string of the molecule is CC(OC(=O)C1CCN(S(=O)(=O)c2ccc(F)c(F)c2)CC1)C(=O)N(C)Cc1cccc(F)c1. The second kappa shape index (κ2) is 10.6. The van der Waals surface area contributed by atoms with Crippen LogP contribution in [-0.2, 0) is 30.9 Å². The van der Waals surface area contributed by atoms with Gasteiger partial charge in [-0.25, -0.2) is 21.6 Å². The lowest BCUT2D eigenvalue weighted by molar-refractivity contribution is -0.163. The number of benzene rings is 2. The fourth-order valence-electron chi connectivity index (χ4n) is 3.74. The zero-order valence-corrected chi connectivity index (χ0v) is 19.5. The topological polar surface area (TPSA) is 84.0 Å². The summed E-state index contributed by atoms with van der Waals surface area (Å²) in [6.45, 7) is 1.55. The van der Waals surface area contributed by atoms with Gasteiger partial charge in [-0.2, -0.15) is 4.31 Å². The van der Waals surface area contributed by atoms with Gasteiger partial charge in [0.25, 0.3) is 5.91 Å². The summed E-state index contributed by atoms with van der Waals surface area (Å²) >= 11 is 0. The Morgan fingerprint density at radius 2 is 1.76 bits per heavy atom. The fourth-order valence-corrected chi connectivity index (χ4v) is 5.22. The summed E-state index contributed by atoms with van der Waals surface area (Å²) in [5, 5.41) is 0. The van der Waals surface area contributed by atoms with Gasteiger partial charge < -0.3 is 9.64 Å². The second-order valence-corrected chi connectivity index (χ2v) is 10.1. The first kappa shape index (κ1) is 25.7. The maximum atomic E-state index is 13.5. The van der Waals surface area contributed by atoms with E-state index < -0.39 is 51.4 Å². The minimum absolute atomic E-state index is 0.0110. The quantitative estimate of drug-likeness (QED) is 0.548. The maximum Gasteiger partial charge on any atom is 0.309 e. The predicted molar refractivity (Wildman–Crippen MR) is 116 cm³/mol. The smallest absolute Gasteiger partial charge is 0.309 e. The van der Waals surface area contributed by atoms with Crippen LogP contribution in [0.3, 0.4) is 0 Å². The van der Waals surface area contributed by atoms with E-state index in [-0.39, 0.29) is 37.4 Å². The molecule has 11 heteroatoms. The molecule has 1 heterocycles. The van der Waals surface area contributed by atoms with Gasteiger partial charge in [-0.15, -0.1) is 0 Å². The van der Waals surface area contributed by atoms with Crippen LogP contribution in [0.25, 0.3) is 0 Å². The minimum atomic E-state index is -4.04. The lowest BCUT2D eigenvalue weighted by Gasteiger charge is -2.31. The number of piperidine rings is 1. The Labute approximate surface area is 196 Å².